The van der Waals surface area contributed by atoms with Crippen molar-refractivity contribution in [3.05, 3.63) is 0 Å². The molecule has 4 heteroatoms. The van der Waals surface area contributed by atoms with Gasteiger partial charge in [0.05, 0.1) is 19.8 Å². The second-order valence-corrected chi connectivity index (χ2v) is 5.09. The first-order valence-corrected chi connectivity index (χ1v) is 6.30. The normalized spacial score (nSPS) is 26.6. The van der Waals surface area contributed by atoms with E-state index in [0.717, 1.165) is 45.6 Å². The first-order valence-electron chi connectivity index (χ1n) is 6.30. The van der Waals surface area contributed by atoms with E-state index < -0.39 is 5.54 Å². The Labute approximate surface area is 98.8 Å². The second kappa shape index (κ2) is 6.55. The lowest BCUT2D eigenvalue weighted by Gasteiger charge is -2.35. The Hall–Kier alpha value is -0.160. The van der Waals surface area contributed by atoms with Crippen LogP contribution < -0.4 is 5.73 Å². The number of hydrogen-bond acceptors (Lipinski definition) is 4. The van der Waals surface area contributed by atoms with E-state index in [-0.39, 0.29) is 6.61 Å². The van der Waals surface area contributed by atoms with Gasteiger partial charge < -0.3 is 15.6 Å². The fraction of sp³-hybridized carbons (Fsp3) is 1.00. The summed E-state index contributed by atoms with van der Waals surface area (Å²) >= 11 is 0. The highest BCUT2D eigenvalue weighted by Crippen LogP contribution is 2.13. The Morgan fingerprint density at radius 3 is 2.94 bits per heavy atom. The van der Waals surface area contributed by atoms with Crippen LogP contribution in [0.2, 0.25) is 0 Å². The molecular weight excluding hydrogens is 204 g/mol. The molecule has 0 saturated carbocycles. The van der Waals surface area contributed by atoms with Gasteiger partial charge in [-0.25, -0.2) is 0 Å². The highest BCUT2D eigenvalue weighted by molar-refractivity contribution is 4.79. The maximum absolute atomic E-state index is 9.07. The Kier molecular flexibility index (Phi) is 5.69. The summed E-state index contributed by atoms with van der Waals surface area (Å²) in [6.45, 7) is 7.96. The van der Waals surface area contributed by atoms with E-state index in [1.54, 1.807) is 0 Å². The third kappa shape index (κ3) is 4.37. The van der Waals surface area contributed by atoms with Crippen LogP contribution in [-0.4, -0.2) is 54.5 Å². The van der Waals surface area contributed by atoms with E-state index in [1.807, 2.05) is 6.92 Å². The minimum absolute atomic E-state index is 0.0628. The van der Waals surface area contributed by atoms with E-state index in [0.29, 0.717) is 6.04 Å². The van der Waals surface area contributed by atoms with Crippen molar-refractivity contribution >= 4 is 0 Å². The molecule has 0 aromatic heterocycles. The SMILES string of the molecule is CCC1COCCN1CCCC(C)(N)CO. The van der Waals surface area contributed by atoms with Gasteiger partial charge in [0.2, 0.25) is 0 Å². The Bertz CT molecular complexity index is 197. The molecule has 1 rings (SSSR count). The van der Waals surface area contributed by atoms with Crippen molar-refractivity contribution in [1.82, 2.24) is 4.90 Å². The highest BCUT2D eigenvalue weighted by atomic mass is 16.5. The molecule has 16 heavy (non-hydrogen) atoms. The number of aliphatic hydroxyl groups excluding tert-OH is 1. The second-order valence-electron chi connectivity index (χ2n) is 5.09. The summed E-state index contributed by atoms with van der Waals surface area (Å²) < 4.78 is 5.47. The zero-order valence-electron chi connectivity index (χ0n) is 10.6. The largest absolute Gasteiger partial charge is 0.394 e. The zero-order valence-corrected chi connectivity index (χ0v) is 10.6. The van der Waals surface area contributed by atoms with E-state index >= 15 is 0 Å². The Morgan fingerprint density at radius 1 is 1.56 bits per heavy atom. The van der Waals surface area contributed by atoms with Crippen molar-refractivity contribution < 1.29 is 9.84 Å². The number of nitrogens with two attached hydrogens (primary N) is 1. The summed E-state index contributed by atoms with van der Waals surface area (Å²) in [4.78, 5) is 2.48. The van der Waals surface area contributed by atoms with Crippen LogP contribution in [0.25, 0.3) is 0 Å². The lowest BCUT2D eigenvalue weighted by molar-refractivity contribution is -0.00996. The standard InChI is InChI=1S/C12H26N2O2/c1-3-11-9-16-8-7-14(11)6-4-5-12(2,13)10-15/h11,15H,3-10,13H2,1-2H3. The predicted molar refractivity (Wildman–Crippen MR) is 65.4 cm³/mol. The monoisotopic (exact) mass is 230 g/mol. The average molecular weight is 230 g/mol. The summed E-state index contributed by atoms with van der Waals surface area (Å²) in [6.07, 6.45) is 3.06. The molecular formula is C12H26N2O2. The first kappa shape index (κ1) is 13.9. The molecule has 0 radical (unpaired) electrons. The number of ether oxygens (including phenoxy) is 1. The quantitative estimate of drug-likeness (QED) is 0.701. The third-order valence-corrected chi connectivity index (χ3v) is 3.38. The molecule has 0 aliphatic carbocycles. The van der Waals surface area contributed by atoms with Crippen LogP contribution in [0.5, 0.6) is 0 Å². The van der Waals surface area contributed by atoms with Gasteiger partial charge in [-0.2, -0.15) is 0 Å². The van der Waals surface area contributed by atoms with Gasteiger partial charge in [0.1, 0.15) is 0 Å². The van der Waals surface area contributed by atoms with Gasteiger partial charge in [0, 0.05) is 18.1 Å². The van der Waals surface area contributed by atoms with Crippen LogP contribution in [0, 0.1) is 0 Å². The average Bonchev–Trinajstić information content (AvgIpc) is 2.29. The first-order chi connectivity index (χ1) is 7.59. The maximum atomic E-state index is 9.07. The summed E-state index contributed by atoms with van der Waals surface area (Å²) in [5.74, 6) is 0. The van der Waals surface area contributed by atoms with Crippen molar-refractivity contribution in [3.8, 4) is 0 Å². The smallest absolute Gasteiger partial charge is 0.0622 e. The minimum atomic E-state index is -0.423. The lowest BCUT2D eigenvalue weighted by Crippen LogP contribution is -2.46. The van der Waals surface area contributed by atoms with Crippen LogP contribution >= 0.6 is 0 Å². The van der Waals surface area contributed by atoms with Crippen molar-refractivity contribution in [1.29, 1.82) is 0 Å². The predicted octanol–water partition coefficient (Wildman–Crippen LogP) is 0.587. The Morgan fingerprint density at radius 2 is 2.31 bits per heavy atom. The van der Waals surface area contributed by atoms with Crippen molar-refractivity contribution in [2.24, 2.45) is 5.73 Å². The molecule has 0 bridgehead atoms. The number of hydrogen-bond donors (Lipinski definition) is 2. The van der Waals surface area contributed by atoms with Gasteiger partial charge in [-0.15, -0.1) is 0 Å². The molecule has 1 aliphatic heterocycles. The lowest BCUT2D eigenvalue weighted by atomic mass is 9.98. The topological polar surface area (TPSA) is 58.7 Å². The molecule has 1 fully saturated rings. The third-order valence-electron chi connectivity index (χ3n) is 3.38. The number of aliphatic hydroxyl groups is 1. The van der Waals surface area contributed by atoms with Gasteiger partial charge in [-0.05, 0) is 32.7 Å². The summed E-state index contributed by atoms with van der Waals surface area (Å²) in [5, 5.41) is 9.07. The summed E-state index contributed by atoms with van der Waals surface area (Å²) in [7, 11) is 0. The van der Waals surface area contributed by atoms with E-state index in [1.165, 1.54) is 0 Å². The molecule has 1 aliphatic rings. The van der Waals surface area contributed by atoms with Crippen LogP contribution in [0.15, 0.2) is 0 Å². The summed E-state index contributed by atoms with van der Waals surface area (Å²) in [5.41, 5.74) is 5.48. The van der Waals surface area contributed by atoms with Gasteiger partial charge in [-0.1, -0.05) is 6.92 Å². The van der Waals surface area contributed by atoms with Gasteiger partial charge in [0.25, 0.3) is 0 Å². The molecule has 1 heterocycles. The highest BCUT2D eigenvalue weighted by Gasteiger charge is 2.22. The zero-order chi connectivity index (χ0) is 12.0. The molecule has 2 unspecified atom stereocenters. The van der Waals surface area contributed by atoms with Crippen LogP contribution in [0.4, 0.5) is 0 Å². The maximum Gasteiger partial charge on any atom is 0.0622 e. The van der Waals surface area contributed by atoms with Crippen molar-refractivity contribution in [2.45, 2.75) is 44.7 Å². The fourth-order valence-corrected chi connectivity index (χ4v) is 2.12. The molecule has 0 aromatic carbocycles. The van der Waals surface area contributed by atoms with Crippen LogP contribution in [0.1, 0.15) is 33.1 Å². The molecule has 0 amide bonds. The molecule has 1 saturated heterocycles. The molecule has 2 atom stereocenters. The molecule has 96 valence electrons. The summed E-state index contributed by atoms with van der Waals surface area (Å²) in [6, 6.07) is 0.562. The number of rotatable bonds is 6. The van der Waals surface area contributed by atoms with E-state index in [4.69, 9.17) is 15.6 Å². The molecule has 0 spiro atoms. The number of nitrogens with zero attached hydrogens (tertiary/aromatic N) is 1. The van der Waals surface area contributed by atoms with Gasteiger partial charge in [-0.3, -0.25) is 4.90 Å². The Balaban J connectivity index is 2.25. The van der Waals surface area contributed by atoms with Crippen LogP contribution in [0.3, 0.4) is 0 Å². The van der Waals surface area contributed by atoms with Crippen molar-refractivity contribution in [2.75, 3.05) is 32.9 Å². The van der Waals surface area contributed by atoms with Gasteiger partial charge in [0.15, 0.2) is 0 Å². The fourth-order valence-electron chi connectivity index (χ4n) is 2.12. The molecule has 3 N–H and O–H groups in total. The van der Waals surface area contributed by atoms with Crippen molar-refractivity contribution in [3.63, 3.8) is 0 Å². The van der Waals surface area contributed by atoms with Crippen LogP contribution in [-0.2, 0) is 4.74 Å². The minimum Gasteiger partial charge on any atom is -0.394 e. The van der Waals surface area contributed by atoms with E-state index in [2.05, 4.69) is 11.8 Å². The molecule has 0 aromatic rings. The van der Waals surface area contributed by atoms with E-state index in [9.17, 15) is 0 Å². The van der Waals surface area contributed by atoms with Gasteiger partial charge >= 0.3 is 0 Å². The molecule has 4 nitrogen and oxygen atoms in total. The number of morpholine rings is 1.